The van der Waals surface area contributed by atoms with Crippen LogP contribution >= 0.6 is 15.9 Å². The van der Waals surface area contributed by atoms with E-state index in [-0.39, 0.29) is 17.4 Å². The average molecular weight is 550 g/mol. The molecule has 0 bridgehead atoms. The lowest BCUT2D eigenvalue weighted by molar-refractivity contribution is -0.132. The maximum atomic E-state index is 13.4. The summed E-state index contributed by atoms with van der Waals surface area (Å²) in [6, 6.07) is 19.0. The Morgan fingerprint density at radius 2 is 1.69 bits per heavy atom. The SMILES string of the molecule is CCc1ccc(C2/C(=C(/O)c3ccc(OC)c(Br)c3)C(=O)C(=O)N2c2ccc(OC(C)C)cc2)cc1. The van der Waals surface area contributed by atoms with Gasteiger partial charge in [-0.1, -0.05) is 31.2 Å². The molecule has 1 aliphatic heterocycles. The highest BCUT2D eigenvalue weighted by atomic mass is 79.9. The predicted octanol–water partition coefficient (Wildman–Crippen LogP) is 6.43. The molecule has 0 spiro atoms. The number of hydrogen-bond donors (Lipinski definition) is 1. The first-order valence-electron chi connectivity index (χ1n) is 11.8. The minimum Gasteiger partial charge on any atom is -0.507 e. The van der Waals surface area contributed by atoms with Gasteiger partial charge in [0, 0.05) is 11.3 Å². The largest absolute Gasteiger partial charge is 0.507 e. The summed E-state index contributed by atoms with van der Waals surface area (Å²) in [6.07, 6.45) is 0.864. The van der Waals surface area contributed by atoms with Gasteiger partial charge in [0.05, 0.1) is 29.3 Å². The van der Waals surface area contributed by atoms with Crippen LogP contribution in [-0.4, -0.2) is 30.0 Å². The number of rotatable bonds is 7. The summed E-state index contributed by atoms with van der Waals surface area (Å²) >= 11 is 3.43. The van der Waals surface area contributed by atoms with Gasteiger partial charge in [0.25, 0.3) is 11.7 Å². The first-order valence-corrected chi connectivity index (χ1v) is 12.5. The molecule has 7 heteroatoms. The third-order valence-corrected chi connectivity index (χ3v) is 6.68. The molecule has 0 radical (unpaired) electrons. The zero-order valence-electron chi connectivity index (χ0n) is 20.6. The number of amides is 1. The number of aryl methyl sites for hydroxylation is 1. The second-order valence-corrected chi connectivity index (χ2v) is 9.63. The maximum absolute atomic E-state index is 13.4. The van der Waals surface area contributed by atoms with Crippen LogP contribution in [0.1, 0.15) is 43.5 Å². The van der Waals surface area contributed by atoms with Crippen molar-refractivity contribution in [3.63, 3.8) is 0 Å². The van der Waals surface area contributed by atoms with Crippen LogP contribution in [-0.2, 0) is 16.0 Å². The average Bonchev–Trinajstić information content (AvgIpc) is 3.14. The topological polar surface area (TPSA) is 76.1 Å². The summed E-state index contributed by atoms with van der Waals surface area (Å²) < 4.78 is 11.6. The number of hydrogen-bond acceptors (Lipinski definition) is 5. The fourth-order valence-electron chi connectivity index (χ4n) is 4.28. The van der Waals surface area contributed by atoms with Gasteiger partial charge >= 0.3 is 0 Å². The van der Waals surface area contributed by atoms with Gasteiger partial charge in [-0.15, -0.1) is 0 Å². The third kappa shape index (κ3) is 4.88. The molecule has 3 aromatic rings. The second-order valence-electron chi connectivity index (χ2n) is 8.77. The van der Waals surface area contributed by atoms with Crippen LogP contribution < -0.4 is 14.4 Å². The molecule has 1 fully saturated rings. The van der Waals surface area contributed by atoms with E-state index in [2.05, 4.69) is 22.9 Å². The number of halogens is 1. The van der Waals surface area contributed by atoms with Crippen molar-refractivity contribution in [2.75, 3.05) is 12.0 Å². The third-order valence-electron chi connectivity index (χ3n) is 6.06. The molecule has 6 nitrogen and oxygen atoms in total. The maximum Gasteiger partial charge on any atom is 0.300 e. The minimum atomic E-state index is -0.798. The van der Waals surface area contributed by atoms with Gasteiger partial charge in [-0.3, -0.25) is 14.5 Å². The van der Waals surface area contributed by atoms with Crippen molar-refractivity contribution < 1.29 is 24.2 Å². The monoisotopic (exact) mass is 549 g/mol. The summed E-state index contributed by atoms with van der Waals surface area (Å²) in [5.41, 5.74) is 2.82. The van der Waals surface area contributed by atoms with Gasteiger partial charge in [-0.05, 0) is 89.8 Å². The molecule has 1 saturated heterocycles. The van der Waals surface area contributed by atoms with E-state index < -0.39 is 17.7 Å². The van der Waals surface area contributed by atoms with E-state index in [0.29, 0.717) is 27.2 Å². The molecule has 36 heavy (non-hydrogen) atoms. The summed E-state index contributed by atoms with van der Waals surface area (Å²) in [7, 11) is 1.54. The number of aliphatic hydroxyl groups excluding tert-OH is 1. The molecule has 186 valence electrons. The Morgan fingerprint density at radius 3 is 2.25 bits per heavy atom. The first-order chi connectivity index (χ1) is 17.2. The molecule has 1 unspecified atom stereocenters. The van der Waals surface area contributed by atoms with Crippen molar-refractivity contribution in [3.8, 4) is 11.5 Å². The molecule has 0 aromatic heterocycles. The van der Waals surface area contributed by atoms with Crippen LogP contribution in [0.15, 0.2) is 76.8 Å². The van der Waals surface area contributed by atoms with Crippen molar-refractivity contribution in [3.05, 3.63) is 93.5 Å². The van der Waals surface area contributed by atoms with Crippen molar-refractivity contribution >= 4 is 39.1 Å². The number of carbonyl (C=O) groups is 2. The van der Waals surface area contributed by atoms with E-state index in [0.717, 1.165) is 17.5 Å². The zero-order chi connectivity index (χ0) is 26.0. The zero-order valence-corrected chi connectivity index (χ0v) is 22.2. The van der Waals surface area contributed by atoms with E-state index in [1.807, 2.05) is 38.1 Å². The summed E-state index contributed by atoms with van der Waals surface area (Å²) in [5, 5.41) is 11.3. The van der Waals surface area contributed by atoms with Crippen LogP contribution in [0.2, 0.25) is 0 Å². The van der Waals surface area contributed by atoms with Crippen molar-refractivity contribution in [2.24, 2.45) is 0 Å². The van der Waals surface area contributed by atoms with Gasteiger partial charge in [-0.2, -0.15) is 0 Å². The molecule has 1 atom stereocenters. The molecular weight excluding hydrogens is 522 g/mol. The van der Waals surface area contributed by atoms with Crippen LogP contribution in [0.5, 0.6) is 11.5 Å². The van der Waals surface area contributed by atoms with E-state index in [1.165, 1.54) is 4.90 Å². The van der Waals surface area contributed by atoms with Crippen molar-refractivity contribution in [1.82, 2.24) is 0 Å². The summed E-state index contributed by atoms with van der Waals surface area (Å²) in [4.78, 5) is 28.2. The second kappa shape index (κ2) is 10.6. The molecule has 0 aliphatic carbocycles. The minimum absolute atomic E-state index is 0.00554. The van der Waals surface area contributed by atoms with Crippen molar-refractivity contribution in [1.29, 1.82) is 0 Å². The van der Waals surface area contributed by atoms with Gasteiger partial charge in [-0.25, -0.2) is 0 Å². The number of Topliss-reactive ketones (excluding diaryl/α,β-unsaturated/α-hetero) is 1. The Hall–Kier alpha value is -3.58. The molecule has 0 saturated carbocycles. The molecular formula is C29H28BrNO5. The number of methoxy groups -OCH3 is 1. The number of aliphatic hydroxyl groups is 1. The lowest BCUT2D eigenvalue weighted by atomic mass is 9.94. The number of ether oxygens (including phenoxy) is 2. The normalized spacial score (nSPS) is 17.1. The smallest absolute Gasteiger partial charge is 0.300 e. The number of ketones is 1. The quantitative estimate of drug-likeness (QED) is 0.208. The van der Waals surface area contributed by atoms with E-state index in [1.54, 1.807) is 49.6 Å². The molecule has 1 amide bonds. The van der Waals surface area contributed by atoms with Crippen LogP contribution in [0.25, 0.3) is 5.76 Å². The Labute approximate surface area is 219 Å². The summed E-state index contributed by atoms with van der Waals surface area (Å²) in [6.45, 7) is 5.93. The Kier molecular flexibility index (Phi) is 7.50. The standard InChI is InChI=1S/C29H28BrNO5/c1-5-18-6-8-19(9-7-18)26-25(27(32)20-10-15-24(35-4)23(30)16-20)28(33)29(34)31(26)21-11-13-22(14-12-21)36-17(2)3/h6-17,26,32H,5H2,1-4H3/b27-25-. The van der Waals surface area contributed by atoms with Crippen LogP contribution in [0.3, 0.4) is 0 Å². The number of benzene rings is 3. The van der Waals surface area contributed by atoms with E-state index in [4.69, 9.17) is 9.47 Å². The Morgan fingerprint density at radius 1 is 1.03 bits per heavy atom. The van der Waals surface area contributed by atoms with Crippen LogP contribution in [0.4, 0.5) is 5.69 Å². The number of carbonyl (C=O) groups excluding carboxylic acids is 2. The molecule has 1 N–H and O–H groups in total. The first kappa shape index (κ1) is 25.5. The predicted molar refractivity (Wildman–Crippen MR) is 144 cm³/mol. The molecule has 4 rings (SSSR count). The fourth-order valence-corrected chi connectivity index (χ4v) is 4.82. The highest BCUT2D eigenvalue weighted by molar-refractivity contribution is 9.10. The highest BCUT2D eigenvalue weighted by Crippen LogP contribution is 2.43. The molecule has 3 aromatic carbocycles. The molecule has 1 heterocycles. The van der Waals surface area contributed by atoms with Gasteiger partial charge in [0.15, 0.2) is 0 Å². The van der Waals surface area contributed by atoms with Crippen molar-refractivity contribution in [2.45, 2.75) is 39.3 Å². The lowest BCUT2D eigenvalue weighted by Gasteiger charge is -2.26. The number of nitrogens with zero attached hydrogens (tertiary/aromatic N) is 1. The summed E-state index contributed by atoms with van der Waals surface area (Å²) in [5.74, 6) is -0.444. The fraction of sp³-hybridized carbons (Fsp3) is 0.241. The Bertz CT molecular complexity index is 1310. The molecule has 1 aliphatic rings. The van der Waals surface area contributed by atoms with Gasteiger partial charge in [0.2, 0.25) is 0 Å². The lowest BCUT2D eigenvalue weighted by Crippen LogP contribution is -2.29. The van der Waals surface area contributed by atoms with Gasteiger partial charge < -0.3 is 14.6 Å². The number of anilines is 1. The van der Waals surface area contributed by atoms with E-state index >= 15 is 0 Å². The van der Waals surface area contributed by atoms with E-state index in [9.17, 15) is 14.7 Å². The van der Waals surface area contributed by atoms with Gasteiger partial charge in [0.1, 0.15) is 17.3 Å². The van der Waals surface area contributed by atoms with Crippen LogP contribution in [0, 0.1) is 0 Å². The Balaban J connectivity index is 1.87. The highest BCUT2D eigenvalue weighted by Gasteiger charge is 2.47.